The SMILES string of the molecule is CC(C)(C)OC(=O)N1CCC(NC(=O)c2ccc(Cn3cccn3)cc2)C1. The van der Waals surface area contributed by atoms with Crippen molar-refractivity contribution in [3.63, 3.8) is 0 Å². The van der Waals surface area contributed by atoms with Gasteiger partial charge in [0.1, 0.15) is 5.60 Å². The minimum Gasteiger partial charge on any atom is -0.444 e. The first-order chi connectivity index (χ1) is 12.8. The second kappa shape index (κ2) is 7.82. The van der Waals surface area contributed by atoms with Crippen LogP contribution >= 0.6 is 0 Å². The average molecular weight is 370 g/mol. The largest absolute Gasteiger partial charge is 0.444 e. The number of rotatable bonds is 4. The Morgan fingerprint density at radius 2 is 2.00 bits per heavy atom. The third-order valence-electron chi connectivity index (χ3n) is 4.30. The van der Waals surface area contributed by atoms with Crippen molar-refractivity contribution in [3.05, 3.63) is 53.9 Å². The highest BCUT2D eigenvalue weighted by molar-refractivity contribution is 5.94. The number of hydrogen-bond donors (Lipinski definition) is 1. The molecule has 7 nitrogen and oxygen atoms in total. The van der Waals surface area contributed by atoms with Gasteiger partial charge in [-0.25, -0.2) is 4.79 Å². The van der Waals surface area contributed by atoms with Crippen LogP contribution in [0.5, 0.6) is 0 Å². The Balaban J connectivity index is 1.51. The van der Waals surface area contributed by atoms with E-state index in [1.165, 1.54) is 0 Å². The molecule has 3 rings (SSSR count). The quantitative estimate of drug-likeness (QED) is 0.898. The van der Waals surface area contributed by atoms with Gasteiger partial charge >= 0.3 is 6.09 Å². The Kier molecular flexibility index (Phi) is 5.48. The number of carbonyl (C=O) groups is 2. The van der Waals surface area contributed by atoms with Crippen molar-refractivity contribution in [1.82, 2.24) is 20.0 Å². The summed E-state index contributed by atoms with van der Waals surface area (Å²) in [6.45, 7) is 7.26. The van der Waals surface area contributed by atoms with Crippen LogP contribution in [0.15, 0.2) is 42.7 Å². The van der Waals surface area contributed by atoms with Crippen LogP contribution in [0.4, 0.5) is 4.79 Å². The molecule has 1 unspecified atom stereocenters. The summed E-state index contributed by atoms with van der Waals surface area (Å²) in [6.07, 6.45) is 4.03. The van der Waals surface area contributed by atoms with E-state index < -0.39 is 5.60 Å². The summed E-state index contributed by atoms with van der Waals surface area (Å²) in [7, 11) is 0. The number of carbonyl (C=O) groups excluding carboxylic acids is 2. The van der Waals surface area contributed by atoms with Crippen molar-refractivity contribution in [3.8, 4) is 0 Å². The van der Waals surface area contributed by atoms with Gasteiger partial charge in [0.15, 0.2) is 0 Å². The van der Waals surface area contributed by atoms with E-state index in [0.29, 0.717) is 25.2 Å². The van der Waals surface area contributed by atoms with Crippen LogP contribution in [0.1, 0.15) is 43.1 Å². The molecular formula is C20H26N4O3. The highest BCUT2D eigenvalue weighted by atomic mass is 16.6. The lowest BCUT2D eigenvalue weighted by molar-refractivity contribution is 0.0290. The smallest absolute Gasteiger partial charge is 0.410 e. The first-order valence-corrected chi connectivity index (χ1v) is 9.15. The molecule has 2 heterocycles. The molecule has 144 valence electrons. The number of amides is 2. The van der Waals surface area contributed by atoms with Gasteiger partial charge in [-0.05, 0) is 51.0 Å². The fraction of sp³-hybridized carbons (Fsp3) is 0.450. The second-order valence-electron chi connectivity index (χ2n) is 7.79. The van der Waals surface area contributed by atoms with Crippen molar-refractivity contribution < 1.29 is 14.3 Å². The fourth-order valence-corrected chi connectivity index (χ4v) is 2.98. The van der Waals surface area contributed by atoms with Crippen molar-refractivity contribution in [2.75, 3.05) is 13.1 Å². The molecule has 0 aliphatic carbocycles. The summed E-state index contributed by atoms with van der Waals surface area (Å²) in [6, 6.07) is 9.30. The highest BCUT2D eigenvalue weighted by Crippen LogP contribution is 2.16. The van der Waals surface area contributed by atoms with Crippen LogP contribution in [0.2, 0.25) is 0 Å². The lowest BCUT2D eigenvalue weighted by Gasteiger charge is -2.24. The number of nitrogens with zero attached hydrogens (tertiary/aromatic N) is 3. The summed E-state index contributed by atoms with van der Waals surface area (Å²) >= 11 is 0. The van der Waals surface area contributed by atoms with Gasteiger partial charge in [0.2, 0.25) is 0 Å². The number of nitrogens with one attached hydrogen (secondary N) is 1. The molecule has 0 bridgehead atoms. The second-order valence-corrected chi connectivity index (χ2v) is 7.79. The van der Waals surface area contributed by atoms with Crippen LogP contribution in [0, 0.1) is 0 Å². The van der Waals surface area contributed by atoms with Gasteiger partial charge in [-0.2, -0.15) is 5.10 Å². The normalized spacial score (nSPS) is 17.0. The predicted octanol–water partition coefficient (Wildman–Crippen LogP) is 2.67. The van der Waals surface area contributed by atoms with E-state index in [1.54, 1.807) is 11.1 Å². The molecule has 1 aliphatic rings. The summed E-state index contributed by atoms with van der Waals surface area (Å²) in [5, 5.41) is 7.18. The molecule has 0 spiro atoms. The third-order valence-corrected chi connectivity index (χ3v) is 4.30. The van der Waals surface area contributed by atoms with Crippen LogP contribution in [-0.4, -0.2) is 51.4 Å². The minimum absolute atomic E-state index is 0.0613. The molecule has 27 heavy (non-hydrogen) atoms. The minimum atomic E-state index is -0.518. The molecule has 1 aliphatic heterocycles. The van der Waals surface area contributed by atoms with Gasteiger partial charge in [-0.1, -0.05) is 12.1 Å². The maximum Gasteiger partial charge on any atom is 0.410 e. The maximum absolute atomic E-state index is 12.5. The van der Waals surface area contributed by atoms with Crippen LogP contribution in [-0.2, 0) is 11.3 Å². The fourth-order valence-electron chi connectivity index (χ4n) is 2.98. The standard InChI is InChI=1S/C20H26N4O3/c1-20(2,3)27-19(26)23-12-9-17(14-23)22-18(25)16-7-5-15(6-8-16)13-24-11-4-10-21-24/h4-8,10-11,17H,9,12-14H2,1-3H3,(H,22,25). The summed E-state index contributed by atoms with van der Waals surface area (Å²) in [4.78, 5) is 26.2. The number of ether oxygens (including phenoxy) is 1. The third kappa shape index (κ3) is 5.32. The van der Waals surface area contributed by atoms with Gasteiger partial charge in [-0.3, -0.25) is 9.48 Å². The zero-order valence-electron chi connectivity index (χ0n) is 16.0. The van der Waals surface area contributed by atoms with E-state index in [9.17, 15) is 9.59 Å². The van der Waals surface area contributed by atoms with E-state index in [4.69, 9.17) is 4.74 Å². The number of benzene rings is 1. The van der Waals surface area contributed by atoms with E-state index in [2.05, 4.69) is 10.4 Å². The molecule has 1 aromatic heterocycles. The molecule has 0 saturated carbocycles. The first kappa shape index (κ1) is 18.9. The Morgan fingerprint density at radius 1 is 1.26 bits per heavy atom. The van der Waals surface area contributed by atoms with Crippen LogP contribution < -0.4 is 5.32 Å². The number of aromatic nitrogens is 2. The van der Waals surface area contributed by atoms with E-state index in [-0.39, 0.29) is 18.0 Å². The monoisotopic (exact) mass is 370 g/mol. The molecule has 2 aromatic rings. The molecule has 2 amide bonds. The molecule has 1 aromatic carbocycles. The zero-order chi connectivity index (χ0) is 19.4. The van der Waals surface area contributed by atoms with Gasteiger partial charge in [-0.15, -0.1) is 0 Å². The maximum atomic E-state index is 12.5. The first-order valence-electron chi connectivity index (χ1n) is 9.15. The molecule has 1 N–H and O–H groups in total. The lowest BCUT2D eigenvalue weighted by atomic mass is 10.1. The summed E-state index contributed by atoms with van der Waals surface area (Å²) < 4.78 is 7.22. The van der Waals surface area contributed by atoms with E-state index >= 15 is 0 Å². The average Bonchev–Trinajstić information content (AvgIpc) is 3.26. The summed E-state index contributed by atoms with van der Waals surface area (Å²) in [5.74, 6) is -0.128. The van der Waals surface area contributed by atoms with E-state index in [1.807, 2.05) is 62.0 Å². The molecule has 7 heteroatoms. The number of likely N-dealkylation sites (tertiary alicyclic amines) is 1. The van der Waals surface area contributed by atoms with Crippen LogP contribution in [0.3, 0.4) is 0 Å². The van der Waals surface area contributed by atoms with Crippen molar-refractivity contribution in [2.45, 2.75) is 45.4 Å². The Labute approximate surface area is 159 Å². The Hall–Kier alpha value is -2.83. The topological polar surface area (TPSA) is 76.5 Å². The molecular weight excluding hydrogens is 344 g/mol. The van der Waals surface area contributed by atoms with Crippen LogP contribution in [0.25, 0.3) is 0 Å². The van der Waals surface area contributed by atoms with Gasteiger partial charge in [0, 0.05) is 37.1 Å². The summed E-state index contributed by atoms with van der Waals surface area (Å²) in [5.41, 5.74) is 1.17. The zero-order valence-corrected chi connectivity index (χ0v) is 16.0. The predicted molar refractivity (Wildman–Crippen MR) is 101 cm³/mol. The molecule has 1 fully saturated rings. The molecule has 0 radical (unpaired) electrons. The van der Waals surface area contributed by atoms with Gasteiger partial charge < -0.3 is 15.0 Å². The highest BCUT2D eigenvalue weighted by Gasteiger charge is 2.30. The number of hydrogen-bond acceptors (Lipinski definition) is 4. The molecule has 1 atom stereocenters. The Morgan fingerprint density at radius 3 is 2.63 bits per heavy atom. The Bertz CT molecular complexity index is 779. The van der Waals surface area contributed by atoms with E-state index in [0.717, 1.165) is 12.0 Å². The van der Waals surface area contributed by atoms with Crippen molar-refractivity contribution in [1.29, 1.82) is 0 Å². The van der Waals surface area contributed by atoms with Crippen molar-refractivity contribution in [2.24, 2.45) is 0 Å². The molecule has 1 saturated heterocycles. The van der Waals surface area contributed by atoms with Crippen molar-refractivity contribution >= 4 is 12.0 Å². The lowest BCUT2D eigenvalue weighted by Crippen LogP contribution is -2.40. The van der Waals surface area contributed by atoms with Gasteiger partial charge in [0.05, 0.1) is 6.54 Å². The van der Waals surface area contributed by atoms with Gasteiger partial charge in [0.25, 0.3) is 5.91 Å².